The molecule has 2 heterocycles. The molecule has 1 aliphatic heterocycles. The summed E-state index contributed by atoms with van der Waals surface area (Å²) >= 11 is 0. The van der Waals surface area contributed by atoms with Crippen LogP contribution in [0.4, 0.5) is 0 Å². The van der Waals surface area contributed by atoms with Crippen molar-refractivity contribution in [3.8, 4) is 0 Å². The molecule has 3 rings (SSSR count). The number of nitrogens with zero attached hydrogens (tertiary/aromatic N) is 2. The molecule has 0 radical (unpaired) electrons. The summed E-state index contributed by atoms with van der Waals surface area (Å²) in [4.78, 5) is 19.5. The van der Waals surface area contributed by atoms with Gasteiger partial charge in [0.1, 0.15) is 6.04 Å². The number of amides is 1. The van der Waals surface area contributed by atoms with E-state index >= 15 is 0 Å². The van der Waals surface area contributed by atoms with Crippen LogP contribution < -0.4 is 10.6 Å². The Morgan fingerprint density at radius 1 is 1.31 bits per heavy atom. The first-order valence-electron chi connectivity index (χ1n) is 9.15. The number of aryl methyl sites for hydroxylation is 2. The van der Waals surface area contributed by atoms with Crippen LogP contribution in [0.1, 0.15) is 39.6 Å². The average Bonchev–Trinajstić information content (AvgIpc) is 2.62. The fourth-order valence-corrected chi connectivity index (χ4v) is 3.70. The second-order valence-corrected chi connectivity index (χ2v) is 7.19. The predicted octanol–water partition coefficient (Wildman–Crippen LogP) is 2.26. The molecule has 5 heteroatoms. The van der Waals surface area contributed by atoms with E-state index in [1.54, 1.807) is 0 Å². The lowest BCUT2D eigenvalue weighted by Crippen LogP contribution is -2.37. The van der Waals surface area contributed by atoms with Gasteiger partial charge >= 0.3 is 0 Å². The standard InChI is InChI=1S/C21H28N4O/c1-14-7-5-6-8-17(14)20(25(3)4)21(26)24-13-19-15(2)23-12-16-11-22-10-9-18(16)19/h5-8,12,20,22H,9-11,13H2,1-4H3,(H,24,26)/t20-/m1/s1. The largest absolute Gasteiger partial charge is 0.350 e. The van der Waals surface area contributed by atoms with E-state index in [1.165, 1.54) is 16.7 Å². The number of fused-ring (bicyclic) bond motifs is 1. The maximum absolute atomic E-state index is 13.0. The normalized spacial score (nSPS) is 14.8. The third-order valence-corrected chi connectivity index (χ3v) is 5.16. The molecule has 1 aromatic heterocycles. The van der Waals surface area contributed by atoms with Crippen molar-refractivity contribution in [2.75, 3.05) is 20.6 Å². The summed E-state index contributed by atoms with van der Waals surface area (Å²) in [6.07, 6.45) is 2.94. The molecule has 0 aliphatic carbocycles. The van der Waals surface area contributed by atoms with Gasteiger partial charge in [-0.1, -0.05) is 24.3 Å². The monoisotopic (exact) mass is 352 g/mol. The molecule has 26 heavy (non-hydrogen) atoms. The fraction of sp³-hybridized carbons (Fsp3) is 0.429. The van der Waals surface area contributed by atoms with Crippen LogP contribution >= 0.6 is 0 Å². The Labute approximate surface area is 155 Å². The molecule has 0 unspecified atom stereocenters. The number of hydrogen-bond donors (Lipinski definition) is 2. The highest BCUT2D eigenvalue weighted by atomic mass is 16.2. The Balaban J connectivity index is 1.81. The van der Waals surface area contributed by atoms with Gasteiger partial charge < -0.3 is 10.6 Å². The highest BCUT2D eigenvalue weighted by Crippen LogP contribution is 2.23. The molecule has 0 bridgehead atoms. The first kappa shape index (κ1) is 18.5. The lowest BCUT2D eigenvalue weighted by Gasteiger charge is -2.26. The maximum atomic E-state index is 13.0. The van der Waals surface area contributed by atoms with E-state index in [0.29, 0.717) is 6.54 Å². The minimum absolute atomic E-state index is 0.0234. The molecule has 2 N–H and O–H groups in total. The number of aromatic nitrogens is 1. The zero-order valence-corrected chi connectivity index (χ0v) is 16.1. The Morgan fingerprint density at radius 3 is 2.81 bits per heavy atom. The minimum Gasteiger partial charge on any atom is -0.350 e. The topological polar surface area (TPSA) is 57.3 Å². The van der Waals surface area contributed by atoms with Crippen molar-refractivity contribution < 1.29 is 4.79 Å². The van der Waals surface area contributed by atoms with E-state index < -0.39 is 0 Å². The van der Waals surface area contributed by atoms with Gasteiger partial charge in [-0.15, -0.1) is 0 Å². The van der Waals surface area contributed by atoms with Gasteiger partial charge in [-0.3, -0.25) is 14.7 Å². The van der Waals surface area contributed by atoms with Gasteiger partial charge in [0.15, 0.2) is 0 Å². The number of carbonyl (C=O) groups excluding carboxylic acids is 1. The number of likely N-dealkylation sites (N-methyl/N-ethyl adjacent to an activating group) is 1. The number of carbonyl (C=O) groups is 1. The lowest BCUT2D eigenvalue weighted by molar-refractivity contribution is -0.126. The Hall–Kier alpha value is -2.24. The van der Waals surface area contributed by atoms with Crippen LogP contribution in [-0.2, 0) is 24.3 Å². The highest BCUT2D eigenvalue weighted by molar-refractivity contribution is 5.83. The lowest BCUT2D eigenvalue weighted by atomic mass is 9.95. The molecule has 1 amide bonds. The molecule has 1 aliphatic rings. The molecule has 1 aromatic carbocycles. The van der Waals surface area contributed by atoms with Crippen molar-refractivity contribution in [2.24, 2.45) is 0 Å². The SMILES string of the molecule is Cc1ccccc1[C@H](C(=O)NCc1c(C)ncc2c1CCNC2)N(C)C. The van der Waals surface area contributed by atoms with Crippen molar-refractivity contribution in [1.82, 2.24) is 20.5 Å². The third kappa shape index (κ3) is 3.79. The zero-order chi connectivity index (χ0) is 18.7. The molecular weight excluding hydrogens is 324 g/mol. The fourth-order valence-electron chi connectivity index (χ4n) is 3.70. The zero-order valence-electron chi connectivity index (χ0n) is 16.1. The van der Waals surface area contributed by atoms with E-state index in [-0.39, 0.29) is 11.9 Å². The summed E-state index contributed by atoms with van der Waals surface area (Å²) in [6.45, 7) is 6.42. The number of rotatable bonds is 5. The quantitative estimate of drug-likeness (QED) is 0.867. The maximum Gasteiger partial charge on any atom is 0.242 e. The predicted molar refractivity (Wildman–Crippen MR) is 104 cm³/mol. The van der Waals surface area contributed by atoms with Crippen molar-refractivity contribution in [1.29, 1.82) is 0 Å². The summed E-state index contributed by atoms with van der Waals surface area (Å²) in [7, 11) is 3.89. The molecule has 1 atom stereocenters. The van der Waals surface area contributed by atoms with E-state index in [9.17, 15) is 4.79 Å². The van der Waals surface area contributed by atoms with Gasteiger partial charge in [-0.25, -0.2) is 0 Å². The van der Waals surface area contributed by atoms with Gasteiger partial charge in [0.2, 0.25) is 5.91 Å². The van der Waals surface area contributed by atoms with Crippen LogP contribution in [0.15, 0.2) is 30.5 Å². The van der Waals surface area contributed by atoms with Crippen LogP contribution in [0.25, 0.3) is 0 Å². The Kier molecular flexibility index (Phi) is 5.69. The molecule has 0 fully saturated rings. The van der Waals surface area contributed by atoms with Gasteiger partial charge in [0, 0.05) is 25.0 Å². The van der Waals surface area contributed by atoms with Crippen molar-refractivity contribution in [3.63, 3.8) is 0 Å². The number of nitrogens with one attached hydrogen (secondary N) is 2. The molecule has 0 saturated heterocycles. The Morgan fingerprint density at radius 2 is 2.08 bits per heavy atom. The highest BCUT2D eigenvalue weighted by Gasteiger charge is 2.25. The van der Waals surface area contributed by atoms with Crippen LogP contribution in [0.3, 0.4) is 0 Å². The van der Waals surface area contributed by atoms with Crippen molar-refractivity contribution >= 4 is 5.91 Å². The van der Waals surface area contributed by atoms with Crippen molar-refractivity contribution in [2.45, 2.75) is 39.4 Å². The summed E-state index contributed by atoms with van der Waals surface area (Å²) < 4.78 is 0. The Bertz CT molecular complexity index is 801. The third-order valence-electron chi connectivity index (χ3n) is 5.16. The molecule has 0 spiro atoms. The average molecular weight is 352 g/mol. The van der Waals surface area contributed by atoms with Gasteiger partial charge in [0.25, 0.3) is 0 Å². The second kappa shape index (κ2) is 7.98. The minimum atomic E-state index is -0.300. The van der Waals surface area contributed by atoms with Gasteiger partial charge in [-0.2, -0.15) is 0 Å². The van der Waals surface area contributed by atoms with E-state index in [2.05, 4.69) is 15.6 Å². The number of benzene rings is 1. The summed E-state index contributed by atoms with van der Waals surface area (Å²) in [5.41, 5.74) is 6.93. The van der Waals surface area contributed by atoms with E-state index in [4.69, 9.17) is 0 Å². The van der Waals surface area contributed by atoms with Crippen LogP contribution in [0.2, 0.25) is 0 Å². The van der Waals surface area contributed by atoms with Crippen LogP contribution in [0, 0.1) is 13.8 Å². The smallest absolute Gasteiger partial charge is 0.242 e. The summed E-state index contributed by atoms with van der Waals surface area (Å²) in [5, 5.41) is 6.54. The van der Waals surface area contributed by atoms with Crippen LogP contribution in [0.5, 0.6) is 0 Å². The van der Waals surface area contributed by atoms with E-state index in [1.807, 2.05) is 63.3 Å². The molecule has 0 saturated carbocycles. The molecular formula is C21H28N4O. The first-order valence-corrected chi connectivity index (χ1v) is 9.15. The summed E-state index contributed by atoms with van der Waals surface area (Å²) in [5.74, 6) is 0.0234. The van der Waals surface area contributed by atoms with Gasteiger partial charge in [0.05, 0.1) is 0 Å². The molecule has 138 valence electrons. The number of pyridine rings is 1. The molecule has 2 aromatic rings. The van der Waals surface area contributed by atoms with Crippen LogP contribution in [-0.4, -0.2) is 36.4 Å². The molecule has 5 nitrogen and oxygen atoms in total. The van der Waals surface area contributed by atoms with Crippen molar-refractivity contribution in [3.05, 3.63) is 64.0 Å². The summed E-state index contributed by atoms with van der Waals surface area (Å²) in [6, 6.07) is 7.77. The second-order valence-electron chi connectivity index (χ2n) is 7.19. The van der Waals surface area contributed by atoms with Gasteiger partial charge in [-0.05, 0) is 68.7 Å². The first-order chi connectivity index (χ1) is 12.5. The number of hydrogen-bond acceptors (Lipinski definition) is 4. The van der Waals surface area contributed by atoms with E-state index in [0.717, 1.165) is 36.3 Å².